The Hall–Kier alpha value is -1.95. The predicted octanol–water partition coefficient (Wildman–Crippen LogP) is 6.16. The molecule has 0 aromatic carbocycles. The summed E-state index contributed by atoms with van der Waals surface area (Å²) in [5.74, 6) is -1.23. The number of ether oxygens (including phenoxy) is 2. The highest BCUT2D eigenvalue weighted by Crippen LogP contribution is 2.38. The Balaban J connectivity index is 4.54. The maximum absolute atomic E-state index is 12.5. The van der Waals surface area contributed by atoms with Crippen LogP contribution in [-0.4, -0.2) is 93.3 Å². The Morgan fingerprint density at radius 1 is 0.755 bits per heavy atom. The van der Waals surface area contributed by atoms with Gasteiger partial charge in [-0.15, -0.1) is 0 Å². The summed E-state index contributed by atoms with van der Waals surface area (Å²) < 4.78 is 33.4. The molecule has 0 aliphatic carbocycles. The van der Waals surface area contributed by atoms with Gasteiger partial charge in [0.1, 0.15) is 31.8 Å². The van der Waals surface area contributed by atoms with E-state index in [9.17, 15) is 33.7 Å². The number of allylic oxidation sites excluding steroid dienone is 1. The van der Waals surface area contributed by atoms with Gasteiger partial charge in [-0.3, -0.25) is 23.7 Å². The number of rotatable bonds is 34. The van der Waals surface area contributed by atoms with E-state index in [1.54, 1.807) is 0 Å². The summed E-state index contributed by atoms with van der Waals surface area (Å²) in [6.45, 7) is 1.66. The summed E-state index contributed by atoms with van der Waals surface area (Å²) in [6.07, 6.45) is 18.1. The van der Waals surface area contributed by atoms with Crippen LogP contribution in [0.4, 0.5) is 0 Å². The lowest BCUT2D eigenvalue weighted by molar-refractivity contribution is -0.870. The third-order valence-corrected chi connectivity index (χ3v) is 8.79. The molecule has 0 rings (SSSR count). The molecule has 0 saturated heterocycles. The van der Waals surface area contributed by atoms with E-state index in [-0.39, 0.29) is 44.7 Å². The number of hydrogen-bond acceptors (Lipinski definition) is 11. The molecular weight excluding hydrogens is 653 g/mol. The van der Waals surface area contributed by atoms with E-state index in [0.29, 0.717) is 43.0 Å². The second-order valence-corrected chi connectivity index (χ2v) is 15.2. The molecule has 13 heteroatoms. The predicted molar refractivity (Wildman–Crippen MR) is 187 cm³/mol. The van der Waals surface area contributed by atoms with E-state index in [1.165, 1.54) is 63.9 Å². The van der Waals surface area contributed by atoms with E-state index in [1.807, 2.05) is 21.1 Å². The highest BCUT2D eigenvalue weighted by molar-refractivity contribution is 7.45. The van der Waals surface area contributed by atoms with Crippen molar-refractivity contribution in [2.75, 3.05) is 47.5 Å². The van der Waals surface area contributed by atoms with E-state index < -0.39 is 38.6 Å². The molecule has 3 atom stereocenters. The highest BCUT2D eigenvalue weighted by Gasteiger charge is 2.22. The number of carbonyl (C=O) groups excluding carboxylic acids is 4. The van der Waals surface area contributed by atoms with Crippen molar-refractivity contribution in [3.05, 3.63) is 12.2 Å². The normalized spacial score (nSPS) is 14.3. The summed E-state index contributed by atoms with van der Waals surface area (Å²) in [6, 6.07) is 0. The number of quaternary nitrogens is 1. The lowest BCUT2D eigenvalue weighted by atomic mass is 10.0. The summed E-state index contributed by atoms with van der Waals surface area (Å²) in [5, 5.41) is 9.67. The van der Waals surface area contributed by atoms with Crippen molar-refractivity contribution in [3.8, 4) is 0 Å². The molecule has 0 heterocycles. The van der Waals surface area contributed by atoms with E-state index in [2.05, 4.69) is 6.92 Å². The Morgan fingerprint density at radius 2 is 1.27 bits per heavy atom. The molecule has 49 heavy (non-hydrogen) atoms. The molecule has 0 fully saturated rings. The van der Waals surface area contributed by atoms with Crippen LogP contribution in [0.25, 0.3) is 0 Å². The zero-order valence-electron chi connectivity index (χ0n) is 30.8. The first kappa shape index (κ1) is 47.0. The van der Waals surface area contributed by atoms with Crippen molar-refractivity contribution in [3.63, 3.8) is 0 Å². The molecule has 2 unspecified atom stereocenters. The molecule has 0 bridgehead atoms. The highest BCUT2D eigenvalue weighted by atomic mass is 31.2. The molecule has 0 amide bonds. The van der Waals surface area contributed by atoms with Crippen LogP contribution >= 0.6 is 7.82 Å². The number of carbonyl (C=O) groups is 4. The molecule has 0 aromatic heterocycles. The van der Waals surface area contributed by atoms with Crippen molar-refractivity contribution in [2.45, 2.75) is 148 Å². The number of phosphoric ester groups is 1. The van der Waals surface area contributed by atoms with Crippen LogP contribution in [0.1, 0.15) is 135 Å². The van der Waals surface area contributed by atoms with Crippen molar-refractivity contribution >= 4 is 31.8 Å². The Morgan fingerprint density at radius 3 is 1.82 bits per heavy atom. The Labute approximate surface area is 295 Å². The van der Waals surface area contributed by atoms with Gasteiger partial charge in [0, 0.05) is 25.7 Å². The van der Waals surface area contributed by atoms with Crippen molar-refractivity contribution < 1.29 is 56.7 Å². The van der Waals surface area contributed by atoms with Gasteiger partial charge >= 0.3 is 11.9 Å². The number of unbranched alkanes of at least 4 members (excludes halogenated alkanes) is 14. The molecule has 0 aromatic rings. The molecule has 286 valence electrons. The first-order valence-corrected chi connectivity index (χ1v) is 19.8. The minimum absolute atomic E-state index is 0.0112. The largest absolute Gasteiger partial charge is 0.756 e. The Bertz CT molecular complexity index is 967. The van der Waals surface area contributed by atoms with Gasteiger partial charge in [0.25, 0.3) is 7.82 Å². The summed E-state index contributed by atoms with van der Waals surface area (Å²) in [5.41, 5.74) is 0. The van der Waals surface area contributed by atoms with E-state index in [0.717, 1.165) is 25.3 Å². The van der Waals surface area contributed by atoms with Gasteiger partial charge in [0.05, 0.1) is 33.9 Å². The fraction of sp³-hybridized carbons (Fsp3) is 0.833. The van der Waals surface area contributed by atoms with Crippen molar-refractivity contribution in [1.29, 1.82) is 0 Å². The van der Waals surface area contributed by atoms with Gasteiger partial charge in [-0.25, -0.2) is 0 Å². The number of hydrogen-bond donors (Lipinski definition) is 1. The van der Waals surface area contributed by atoms with Gasteiger partial charge < -0.3 is 33.0 Å². The van der Waals surface area contributed by atoms with Crippen LogP contribution < -0.4 is 4.89 Å². The smallest absolute Gasteiger partial charge is 0.306 e. The number of aliphatic hydroxyl groups is 1. The molecule has 12 nitrogen and oxygen atoms in total. The number of esters is 2. The van der Waals surface area contributed by atoms with E-state index >= 15 is 0 Å². The van der Waals surface area contributed by atoms with Crippen LogP contribution in [0.3, 0.4) is 0 Å². The third kappa shape index (κ3) is 33.0. The summed E-state index contributed by atoms with van der Waals surface area (Å²) >= 11 is 0. The first-order chi connectivity index (χ1) is 23.3. The standard InChI is InChI=1S/C36H66NO11P/c1-5-6-7-8-9-10-11-12-13-14-15-16-19-24-35(41)45-30-34(31-47-49(43,44)46-28-26-37(2,3)4)48-36(42)25-20-17-18-22-32(39)29-33(40)23-21-27-38/h21,23,27,33-34,40H,5-20,22,24-26,28-31H2,1-4H3/b23-21+/t33?,34-/m0/s1. The number of likely N-dealkylation sites (N-methyl/N-ethyl adjacent to an activating group) is 1. The Kier molecular flexibility index (Phi) is 28.6. The average Bonchev–Trinajstić information content (AvgIpc) is 3.02. The zero-order chi connectivity index (χ0) is 36.8. The maximum atomic E-state index is 12.5. The molecule has 1 N–H and O–H groups in total. The fourth-order valence-electron chi connectivity index (χ4n) is 4.89. The monoisotopic (exact) mass is 719 g/mol. The SMILES string of the molecule is CCCCCCCCCCCCCCCC(=O)OC[C@@H](COP(=O)([O-])OCC[N+](C)(C)C)OC(=O)CCCCCC(=O)CC(O)/C=C/C=O. The van der Waals surface area contributed by atoms with Crippen LogP contribution in [0.15, 0.2) is 12.2 Å². The van der Waals surface area contributed by atoms with Gasteiger partial charge in [0.2, 0.25) is 0 Å². The average molecular weight is 720 g/mol. The summed E-state index contributed by atoms with van der Waals surface area (Å²) in [4.78, 5) is 59.4. The van der Waals surface area contributed by atoms with Crippen LogP contribution in [0.5, 0.6) is 0 Å². The summed E-state index contributed by atoms with van der Waals surface area (Å²) in [7, 11) is 0.979. The third-order valence-electron chi connectivity index (χ3n) is 7.83. The molecule has 0 aliphatic rings. The van der Waals surface area contributed by atoms with Crippen LogP contribution in [-0.2, 0) is 42.3 Å². The number of aliphatic hydroxyl groups excluding tert-OH is 1. The molecule has 0 radical (unpaired) electrons. The quantitative estimate of drug-likeness (QED) is 0.0202. The van der Waals surface area contributed by atoms with Gasteiger partial charge in [0.15, 0.2) is 6.10 Å². The number of ketones is 1. The van der Waals surface area contributed by atoms with Gasteiger partial charge in [-0.05, 0) is 25.3 Å². The number of phosphoric acid groups is 1. The molecule has 0 spiro atoms. The van der Waals surface area contributed by atoms with Crippen molar-refractivity contribution in [1.82, 2.24) is 0 Å². The van der Waals surface area contributed by atoms with Crippen LogP contribution in [0.2, 0.25) is 0 Å². The first-order valence-electron chi connectivity index (χ1n) is 18.4. The molecule has 0 aliphatic heterocycles. The minimum Gasteiger partial charge on any atom is -0.756 e. The number of nitrogens with zero attached hydrogens (tertiary/aromatic N) is 1. The fourth-order valence-corrected chi connectivity index (χ4v) is 5.62. The topological polar surface area (TPSA) is 166 Å². The number of Topliss-reactive ketones (excluding diaryl/α,β-unsaturated/α-hetero) is 1. The lowest BCUT2D eigenvalue weighted by Crippen LogP contribution is -2.37. The van der Waals surface area contributed by atoms with Gasteiger partial charge in [-0.1, -0.05) is 96.5 Å². The second kappa shape index (κ2) is 29.7. The zero-order valence-corrected chi connectivity index (χ0v) is 31.7. The van der Waals surface area contributed by atoms with E-state index in [4.69, 9.17) is 18.5 Å². The maximum Gasteiger partial charge on any atom is 0.306 e. The lowest BCUT2D eigenvalue weighted by Gasteiger charge is -2.28. The second-order valence-electron chi connectivity index (χ2n) is 13.8. The molecule has 0 saturated carbocycles. The van der Waals surface area contributed by atoms with Crippen molar-refractivity contribution in [2.24, 2.45) is 0 Å². The molecular formula is C36H66NO11P. The number of aldehydes is 1. The van der Waals surface area contributed by atoms with Gasteiger partial charge in [-0.2, -0.15) is 0 Å². The minimum atomic E-state index is -4.69. The van der Waals surface area contributed by atoms with Crippen LogP contribution in [0, 0.1) is 0 Å².